The van der Waals surface area contributed by atoms with Gasteiger partial charge >= 0.3 is 0 Å². The second-order valence-corrected chi connectivity index (χ2v) is 9.56. The van der Waals surface area contributed by atoms with Crippen LogP contribution in [-0.2, 0) is 20.6 Å². The summed E-state index contributed by atoms with van der Waals surface area (Å²) in [6.07, 6.45) is 1.87. The molecule has 0 saturated carbocycles. The van der Waals surface area contributed by atoms with Crippen LogP contribution in [0.15, 0.2) is 48.5 Å². The molecule has 0 unspecified atom stereocenters. The normalized spacial score (nSPS) is 11.0. The molecule has 0 aliphatic heterocycles. The minimum atomic E-state index is -3.66. The summed E-state index contributed by atoms with van der Waals surface area (Å²) in [4.78, 5) is 12.3. The maximum absolute atomic E-state index is 12.3. The van der Waals surface area contributed by atoms with E-state index >= 15 is 0 Å². The third-order valence-corrected chi connectivity index (χ3v) is 6.50. The third-order valence-electron chi connectivity index (χ3n) is 4.24. The number of carbonyl (C=O) groups excluding carboxylic acids is 1. The van der Waals surface area contributed by atoms with Gasteiger partial charge in [-0.15, -0.1) is 0 Å². The molecule has 0 aliphatic carbocycles. The summed E-state index contributed by atoms with van der Waals surface area (Å²) in [7, 11) is -0.691. The Morgan fingerprint density at radius 1 is 1.07 bits per heavy atom. The molecule has 30 heavy (non-hydrogen) atoms. The van der Waals surface area contributed by atoms with E-state index in [1.165, 1.54) is 25.8 Å². The Morgan fingerprint density at radius 2 is 1.77 bits per heavy atom. The highest BCUT2D eigenvalue weighted by atomic mass is 32.2. The van der Waals surface area contributed by atoms with Gasteiger partial charge in [0.15, 0.2) is 11.5 Å². The highest BCUT2D eigenvalue weighted by Gasteiger charge is 2.22. The maximum Gasteiger partial charge on any atom is 0.240 e. The van der Waals surface area contributed by atoms with Crippen molar-refractivity contribution in [1.82, 2.24) is 5.32 Å². The number of methoxy groups -OCH3 is 2. The van der Waals surface area contributed by atoms with Crippen molar-refractivity contribution in [1.29, 1.82) is 0 Å². The van der Waals surface area contributed by atoms with Crippen molar-refractivity contribution in [2.24, 2.45) is 0 Å². The summed E-state index contributed by atoms with van der Waals surface area (Å²) in [6, 6.07) is 14.9. The lowest BCUT2D eigenvalue weighted by Crippen LogP contribution is -2.40. The minimum Gasteiger partial charge on any atom is -0.493 e. The Morgan fingerprint density at radius 3 is 2.40 bits per heavy atom. The van der Waals surface area contributed by atoms with Gasteiger partial charge in [-0.05, 0) is 29.9 Å². The van der Waals surface area contributed by atoms with Crippen LogP contribution in [0.5, 0.6) is 11.5 Å². The van der Waals surface area contributed by atoms with E-state index in [9.17, 15) is 13.2 Å². The molecule has 0 fully saturated rings. The molecule has 0 saturated heterocycles. The van der Waals surface area contributed by atoms with Crippen LogP contribution in [0.3, 0.4) is 0 Å². The van der Waals surface area contributed by atoms with E-state index in [0.29, 0.717) is 23.7 Å². The van der Waals surface area contributed by atoms with Crippen LogP contribution < -0.4 is 19.1 Å². The summed E-state index contributed by atoms with van der Waals surface area (Å²) in [5, 5.41) is 2.79. The minimum absolute atomic E-state index is 0.300. The highest BCUT2D eigenvalue weighted by molar-refractivity contribution is 7.98. The van der Waals surface area contributed by atoms with E-state index in [1.54, 1.807) is 23.9 Å². The second kappa shape index (κ2) is 11.7. The van der Waals surface area contributed by atoms with Crippen LogP contribution in [0.1, 0.15) is 12.0 Å². The van der Waals surface area contributed by atoms with Crippen LogP contribution in [-0.4, -0.2) is 53.6 Å². The summed E-state index contributed by atoms with van der Waals surface area (Å²) < 4.78 is 35.9. The zero-order valence-corrected chi connectivity index (χ0v) is 19.1. The van der Waals surface area contributed by atoms with Gasteiger partial charge in [0.2, 0.25) is 15.9 Å². The van der Waals surface area contributed by atoms with Crippen molar-refractivity contribution in [2.45, 2.75) is 12.2 Å². The predicted molar refractivity (Wildman–Crippen MR) is 122 cm³/mol. The largest absolute Gasteiger partial charge is 0.493 e. The van der Waals surface area contributed by atoms with Gasteiger partial charge in [-0.2, -0.15) is 11.8 Å². The molecule has 1 N–H and O–H groups in total. The summed E-state index contributed by atoms with van der Waals surface area (Å²) in [6.45, 7) is 0.190. The topological polar surface area (TPSA) is 84.9 Å². The Bertz CT molecular complexity index is 920. The molecular formula is C21H28N2O5S2. The predicted octanol–water partition coefficient (Wildman–Crippen LogP) is 2.91. The summed E-state index contributed by atoms with van der Waals surface area (Å²) in [5.74, 6) is 2.34. The van der Waals surface area contributed by atoms with Gasteiger partial charge in [0.1, 0.15) is 6.54 Å². The standard InChI is InChI=1S/C21H28N2O5S2/c1-27-19-11-10-18(14-20(19)28-2)23(30(3,25)26)15-21(24)22-12-7-13-29-16-17-8-5-4-6-9-17/h4-6,8-11,14H,7,12-13,15-16H2,1-3H3,(H,22,24). The van der Waals surface area contributed by atoms with Crippen LogP contribution >= 0.6 is 11.8 Å². The van der Waals surface area contributed by atoms with Crippen LogP contribution in [0, 0.1) is 0 Å². The number of nitrogens with zero attached hydrogens (tertiary/aromatic N) is 1. The highest BCUT2D eigenvalue weighted by Crippen LogP contribution is 2.32. The van der Waals surface area contributed by atoms with Gasteiger partial charge < -0.3 is 14.8 Å². The van der Waals surface area contributed by atoms with Gasteiger partial charge in [-0.1, -0.05) is 30.3 Å². The number of rotatable bonds is 12. The fraction of sp³-hybridized carbons (Fsp3) is 0.381. The number of ether oxygens (including phenoxy) is 2. The molecule has 7 nitrogen and oxygen atoms in total. The van der Waals surface area contributed by atoms with Crippen LogP contribution in [0.25, 0.3) is 0 Å². The molecule has 0 aromatic heterocycles. The number of anilines is 1. The van der Waals surface area contributed by atoms with E-state index in [2.05, 4.69) is 17.4 Å². The van der Waals surface area contributed by atoms with Gasteiger partial charge in [-0.25, -0.2) is 8.42 Å². The third kappa shape index (κ3) is 7.46. The molecule has 0 bridgehead atoms. The molecule has 2 rings (SSSR count). The van der Waals surface area contributed by atoms with Crippen molar-refractivity contribution in [3.8, 4) is 11.5 Å². The average molecular weight is 453 g/mol. The smallest absolute Gasteiger partial charge is 0.240 e. The zero-order chi connectivity index (χ0) is 22.0. The van der Waals surface area contributed by atoms with Gasteiger partial charge in [0.25, 0.3) is 0 Å². The molecule has 0 atom stereocenters. The quantitative estimate of drug-likeness (QED) is 0.499. The first-order valence-corrected chi connectivity index (χ1v) is 12.4. The molecular weight excluding hydrogens is 424 g/mol. The van der Waals surface area contributed by atoms with E-state index in [4.69, 9.17) is 9.47 Å². The van der Waals surface area contributed by atoms with Crippen molar-refractivity contribution >= 4 is 33.4 Å². The number of benzene rings is 2. The van der Waals surface area contributed by atoms with Crippen LogP contribution in [0.2, 0.25) is 0 Å². The Kier molecular flexibility index (Phi) is 9.32. The maximum atomic E-state index is 12.3. The number of carbonyl (C=O) groups is 1. The fourth-order valence-electron chi connectivity index (χ4n) is 2.73. The molecule has 0 spiro atoms. The molecule has 164 valence electrons. The molecule has 1 amide bonds. The Hall–Kier alpha value is -2.39. The number of hydrogen-bond donors (Lipinski definition) is 1. The SMILES string of the molecule is COc1ccc(N(CC(=O)NCCCSCc2ccccc2)S(C)(=O)=O)cc1OC. The van der Waals surface area contributed by atoms with Crippen molar-refractivity contribution in [3.05, 3.63) is 54.1 Å². The van der Waals surface area contributed by atoms with Crippen molar-refractivity contribution in [2.75, 3.05) is 43.6 Å². The van der Waals surface area contributed by atoms with E-state index < -0.39 is 10.0 Å². The van der Waals surface area contributed by atoms with E-state index in [1.807, 2.05) is 18.2 Å². The van der Waals surface area contributed by atoms with Gasteiger partial charge in [0, 0.05) is 18.4 Å². The lowest BCUT2D eigenvalue weighted by atomic mass is 10.2. The first kappa shape index (κ1) is 23.9. The number of amides is 1. The fourth-order valence-corrected chi connectivity index (χ4v) is 4.50. The number of hydrogen-bond acceptors (Lipinski definition) is 6. The number of thioether (sulfide) groups is 1. The van der Waals surface area contributed by atoms with E-state index in [-0.39, 0.29) is 12.5 Å². The number of nitrogens with one attached hydrogen (secondary N) is 1. The number of sulfonamides is 1. The summed E-state index contributed by atoms with van der Waals surface area (Å²) in [5.41, 5.74) is 1.61. The van der Waals surface area contributed by atoms with Gasteiger partial charge in [-0.3, -0.25) is 9.10 Å². The summed E-state index contributed by atoms with van der Waals surface area (Å²) >= 11 is 1.80. The first-order chi connectivity index (χ1) is 14.3. The lowest BCUT2D eigenvalue weighted by Gasteiger charge is -2.23. The molecule has 0 aliphatic rings. The lowest BCUT2D eigenvalue weighted by molar-refractivity contribution is -0.119. The average Bonchev–Trinajstić information content (AvgIpc) is 2.74. The Labute approximate surface area is 182 Å². The van der Waals surface area contributed by atoms with Gasteiger partial charge in [0.05, 0.1) is 26.2 Å². The van der Waals surface area contributed by atoms with Crippen LogP contribution in [0.4, 0.5) is 5.69 Å². The monoisotopic (exact) mass is 452 g/mol. The van der Waals surface area contributed by atoms with E-state index in [0.717, 1.165) is 28.5 Å². The zero-order valence-electron chi connectivity index (χ0n) is 17.5. The molecule has 9 heteroatoms. The first-order valence-electron chi connectivity index (χ1n) is 9.43. The van der Waals surface area contributed by atoms with Crippen molar-refractivity contribution in [3.63, 3.8) is 0 Å². The Balaban J connectivity index is 1.85. The second-order valence-electron chi connectivity index (χ2n) is 6.55. The van der Waals surface area contributed by atoms with Crippen molar-refractivity contribution < 1.29 is 22.7 Å². The molecule has 2 aromatic carbocycles. The molecule has 0 radical (unpaired) electrons. The molecule has 0 heterocycles. The molecule has 2 aromatic rings.